The van der Waals surface area contributed by atoms with Gasteiger partial charge in [0.25, 0.3) is 0 Å². The van der Waals surface area contributed by atoms with Crippen LogP contribution in [0.3, 0.4) is 0 Å². The van der Waals surface area contributed by atoms with Crippen molar-refractivity contribution in [2.24, 2.45) is 0 Å². The fraction of sp³-hybridized carbons (Fsp3) is 0.321. The lowest BCUT2D eigenvalue weighted by atomic mass is 10.0. The average Bonchev–Trinajstić information content (AvgIpc) is 0.856. The largest absolute Gasteiger partial charge is 0.461 e. The van der Waals surface area contributed by atoms with Crippen molar-refractivity contribution in [3.63, 3.8) is 0 Å². The quantitative estimate of drug-likeness (QED) is 0.0157. The lowest BCUT2D eigenvalue weighted by molar-refractivity contribution is -0.151. The average molecular weight is 1470 g/mol. The molecule has 7 aromatic carbocycles. The number of benzene rings is 7. The van der Waals surface area contributed by atoms with E-state index in [0.29, 0.717) is 38.9 Å². The van der Waals surface area contributed by atoms with Gasteiger partial charge in [-0.25, -0.2) is 4.79 Å². The molecule has 7 aromatic rings. The summed E-state index contributed by atoms with van der Waals surface area (Å²) in [6.45, 7) is -0.0632. The molecule has 0 spiro atoms. The number of carbonyl (C=O) groups is 13. The molecule has 26 heteroatoms. The Labute approximate surface area is 619 Å². The minimum atomic E-state index is -1.85. The van der Waals surface area contributed by atoms with Crippen molar-refractivity contribution in [2.75, 3.05) is 0 Å². The number of ether oxygens (including phenoxy) is 7. The van der Waals surface area contributed by atoms with Crippen LogP contribution in [-0.4, -0.2) is 113 Å². The highest BCUT2D eigenvalue weighted by Crippen LogP contribution is 2.16. The summed E-state index contributed by atoms with van der Waals surface area (Å²) in [5.41, 5.74) is 4.41. The van der Waals surface area contributed by atoms with Crippen LogP contribution in [0.4, 0.5) is 0 Å². The summed E-state index contributed by atoms with van der Waals surface area (Å²) >= 11 is 0. The number of esters is 7. The summed E-state index contributed by atoms with van der Waals surface area (Å²) in [6, 6.07) is 50.3. The molecule has 0 unspecified atom stereocenters. The second kappa shape index (κ2) is 45.7. The Bertz CT molecular complexity index is 4010. The lowest BCUT2D eigenvalue weighted by Crippen LogP contribution is -2.59. The zero-order valence-corrected chi connectivity index (χ0v) is 59.3. The first-order valence-electron chi connectivity index (χ1n) is 35.0. The molecule has 0 aliphatic rings. The van der Waals surface area contributed by atoms with Gasteiger partial charge in [0.1, 0.15) is 82.5 Å². The van der Waals surface area contributed by atoms with E-state index >= 15 is 9.59 Å². The lowest BCUT2D eigenvalue weighted by Gasteiger charge is -2.27. The van der Waals surface area contributed by atoms with E-state index in [1.165, 1.54) is 0 Å². The van der Waals surface area contributed by atoms with Gasteiger partial charge in [0.05, 0.1) is 0 Å². The summed E-state index contributed by atoms with van der Waals surface area (Å²) < 4.78 is 38.6. The Hall–Kier alpha value is -12.4. The molecular formula is C81H88N6O20. The molecule has 0 aliphatic heterocycles. The summed E-state index contributed by atoms with van der Waals surface area (Å²) in [5, 5.41) is 15.2. The van der Waals surface area contributed by atoms with Gasteiger partial charge in [-0.1, -0.05) is 212 Å². The SMILES string of the molecule is CC(=O)N[C@@H](CCC(=O)OCc1ccccc1)C(=O)N[C@@H](CCC(=O)OCc1ccccc1)C(=O)N[C@@H](CCC(=O)OCc1ccccc1)C(=O)N[C@@H](CCC(=O)OCc1ccccc1)C(=O)N[C@@H](CCC(=O)OCc1ccccc1)C(=O)N[C@@H](CCC(=O)OCc1ccccc1)C(=O)OCc1ccccc1. The van der Waals surface area contributed by atoms with Crippen molar-refractivity contribution >= 4 is 77.2 Å². The predicted molar refractivity (Wildman–Crippen MR) is 386 cm³/mol. The van der Waals surface area contributed by atoms with Gasteiger partial charge in [0.15, 0.2) is 0 Å². The standard InChI is InChI=1S/C81H88N6O20/c1-56(88)82-64(37-43-70(89)101-49-57-23-9-2-10-24-57)76(95)83-65(38-44-71(90)102-50-58-25-11-3-12-26-58)77(96)84-66(39-45-72(91)103-51-59-27-13-4-14-28-59)78(97)85-67(40-46-73(92)104-52-60-29-15-5-16-30-60)79(98)86-68(41-47-74(93)105-53-61-31-17-6-18-32-61)80(99)87-69(81(100)107-55-63-35-21-8-22-36-63)42-48-75(94)106-54-62-33-19-7-20-34-62/h2-36,64-69H,37-55H2,1H3,(H,82,88)(H,83,95)(H,84,96)(H,85,97)(H,86,98)(H,87,99)/t64-,65-,66-,67-,68-,69-/m0/s1. The normalized spacial score (nSPS) is 12.4. The summed E-state index contributed by atoms with van der Waals surface area (Å²) in [6.07, 6.45) is -5.92. The van der Waals surface area contributed by atoms with Crippen molar-refractivity contribution in [3.8, 4) is 0 Å². The van der Waals surface area contributed by atoms with Gasteiger partial charge in [0.2, 0.25) is 35.4 Å². The Morgan fingerprint density at radius 1 is 0.224 bits per heavy atom. The number of carbonyl (C=O) groups excluding carboxylic acids is 13. The predicted octanol–water partition coefficient (Wildman–Crippen LogP) is 7.80. The van der Waals surface area contributed by atoms with Crippen LogP contribution < -0.4 is 31.9 Å². The Balaban J connectivity index is 1.19. The first-order chi connectivity index (χ1) is 51.8. The number of hydrogen-bond donors (Lipinski definition) is 6. The topological polar surface area (TPSA) is 359 Å². The van der Waals surface area contributed by atoms with Gasteiger partial charge in [-0.2, -0.15) is 0 Å². The molecule has 0 saturated heterocycles. The third kappa shape index (κ3) is 32.1. The van der Waals surface area contributed by atoms with Gasteiger partial charge in [-0.05, 0) is 77.5 Å². The highest BCUT2D eigenvalue weighted by Gasteiger charge is 2.36. The van der Waals surface area contributed by atoms with Crippen LogP contribution in [-0.2, 0) is 142 Å². The highest BCUT2D eigenvalue weighted by molar-refractivity contribution is 5.97. The molecule has 0 radical (unpaired) electrons. The molecule has 0 aliphatic carbocycles. The van der Waals surface area contributed by atoms with E-state index in [9.17, 15) is 52.7 Å². The van der Waals surface area contributed by atoms with Gasteiger partial charge >= 0.3 is 41.8 Å². The maximum absolute atomic E-state index is 15.2. The van der Waals surface area contributed by atoms with Crippen LogP contribution in [0.15, 0.2) is 212 Å². The molecule has 7 rings (SSSR count). The maximum atomic E-state index is 15.2. The number of rotatable bonds is 44. The van der Waals surface area contributed by atoms with Crippen molar-refractivity contribution in [3.05, 3.63) is 251 Å². The Morgan fingerprint density at radius 3 is 0.570 bits per heavy atom. The zero-order valence-electron chi connectivity index (χ0n) is 59.3. The number of hydrogen-bond acceptors (Lipinski definition) is 20. The van der Waals surface area contributed by atoms with Gasteiger partial charge in [-0.15, -0.1) is 0 Å². The third-order valence-electron chi connectivity index (χ3n) is 16.3. The Kier molecular flexibility index (Phi) is 35.0. The molecule has 107 heavy (non-hydrogen) atoms. The number of nitrogens with one attached hydrogen (secondary N) is 6. The van der Waals surface area contributed by atoms with Crippen LogP contribution in [0, 0.1) is 0 Å². The van der Waals surface area contributed by atoms with Crippen LogP contribution in [0.1, 0.15) is 123 Å². The maximum Gasteiger partial charge on any atom is 0.328 e. The molecular weight excluding hydrogens is 1380 g/mol. The summed E-state index contributed by atoms with van der Waals surface area (Å²) in [4.78, 5) is 182. The summed E-state index contributed by atoms with van der Waals surface area (Å²) in [7, 11) is 0. The molecule has 6 amide bonds. The van der Waals surface area contributed by atoms with Gasteiger partial charge < -0.3 is 65.1 Å². The van der Waals surface area contributed by atoms with Gasteiger partial charge in [0, 0.05) is 45.4 Å². The summed E-state index contributed by atoms with van der Waals surface area (Å²) in [5.74, 6) is -12.1. The molecule has 562 valence electrons. The van der Waals surface area contributed by atoms with Crippen LogP contribution >= 0.6 is 0 Å². The zero-order chi connectivity index (χ0) is 76.4. The van der Waals surface area contributed by atoms with Crippen molar-refractivity contribution in [1.29, 1.82) is 0 Å². The van der Waals surface area contributed by atoms with E-state index in [2.05, 4.69) is 31.9 Å². The fourth-order valence-electron chi connectivity index (χ4n) is 10.5. The van der Waals surface area contributed by atoms with E-state index < -0.39 is 171 Å². The van der Waals surface area contributed by atoms with Crippen molar-refractivity contribution in [2.45, 2.75) is 166 Å². The number of amides is 6. The molecule has 6 atom stereocenters. The fourth-order valence-corrected chi connectivity index (χ4v) is 10.5. The molecule has 0 aromatic heterocycles. The molecule has 0 fully saturated rings. The Morgan fingerprint density at radius 2 is 0.383 bits per heavy atom. The first kappa shape index (κ1) is 81.9. The minimum absolute atomic E-state index is 0.0919. The molecule has 6 N–H and O–H groups in total. The van der Waals surface area contributed by atoms with E-state index in [-0.39, 0.29) is 65.5 Å². The minimum Gasteiger partial charge on any atom is -0.461 e. The van der Waals surface area contributed by atoms with E-state index in [4.69, 9.17) is 33.2 Å². The van der Waals surface area contributed by atoms with E-state index in [1.54, 1.807) is 212 Å². The highest BCUT2D eigenvalue weighted by atomic mass is 16.6. The van der Waals surface area contributed by atoms with Gasteiger partial charge in [-0.3, -0.25) is 57.5 Å². The van der Waals surface area contributed by atoms with Crippen molar-refractivity contribution < 1.29 is 95.5 Å². The molecule has 0 heterocycles. The van der Waals surface area contributed by atoms with Crippen LogP contribution in [0.5, 0.6) is 0 Å². The second-order valence-corrected chi connectivity index (χ2v) is 24.8. The molecule has 0 saturated carbocycles. The smallest absolute Gasteiger partial charge is 0.328 e. The van der Waals surface area contributed by atoms with Crippen molar-refractivity contribution in [1.82, 2.24) is 31.9 Å². The van der Waals surface area contributed by atoms with Crippen LogP contribution in [0.2, 0.25) is 0 Å². The third-order valence-corrected chi connectivity index (χ3v) is 16.3. The molecule has 0 bridgehead atoms. The van der Waals surface area contributed by atoms with E-state index in [0.717, 1.165) is 6.92 Å². The molecule has 26 nitrogen and oxygen atoms in total. The van der Waals surface area contributed by atoms with E-state index in [1.807, 2.05) is 0 Å². The second-order valence-electron chi connectivity index (χ2n) is 24.8. The monoisotopic (exact) mass is 1460 g/mol. The van der Waals surface area contributed by atoms with Crippen LogP contribution in [0.25, 0.3) is 0 Å². The first-order valence-corrected chi connectivity index (χ1v) is 35.0.